The van der Waals surface area contributed by atoms with Crippen molar-refractivity contribution in [3.8, 4) is 0 Å². The van der Waals surface area contributed by atoms with E-state index in [1.54, 1.807) is 0 Å². The number of carbonyl (C=O) groups is 1. The highest BCUT2D eigenvalue weighted by atomic mass is 19.1. The van der Waals surface area contributed by atoms with Gasteiger partial charge in [-0.15, -0.1) is 0 Å². The first kappa shape index (κ1) is 19.1. The summed E-state index contributed by atoms with van der Waals surface area (Å²) in [4.78, 5) is 19.3. The maximum atomic E-state index is 13.2. The lowest BCUT2D eigenvalue weighted by Gasteiger charge is -2.37. The summed E-state index contributed by atoms with van der Waals surface area (Å²) < 4.78 is 18.5. The Balaban J connectivity index is 1.68. The zero-order chi connectivity index (χ0) is 18.5. The first-order chi connectivity index (χ1) is 12.5. The molecule has 2 aliphatic rings. The van der Waals surface area contributed by atoms with Crippen molar-refractivity contribution >= 4 is 6.03 Å². The Kier molecular flexibility index (Phi) is 6.48. The van der Waals surface area contributed by atoms with Gasteiger partial charge in [0.15, 0.2) is 0 Å². The van der Waals surface area contributed by atoms with Crippen molar-refractivity contribution in [2.24, 2.45) is 5.92 Å². The molecule has 3 rings (SSSR count). The molecule has 0 N–H and O–H groups in total. The summed E-state index contributed by atoms with van der Waals surface area (Å²) in [6.45, 7) is 10.3. The highest BCUT2D eigenvalue weighted by Gasteiger charge is 2.31. The zero-order valence-electron chi connectivity index (χ0n) is 15.9. The number of rotatable bonds is 3. The van der Waals surface area contributed by atoms with Crippen molar-refractivity contribution in [3.63, 3.8) is 0 Å². The van der Waals surface area contributed by atoms with Crippen LogP contribution in [0, 0.1) is 11.7 Å². The summed E-state index contributed by atoms with van der Waals surface area (Å²) >= 11 is 0. The van der Waals surface area contributed by atoms with Crippen molar-refractivity contribution in [3.05, 3.63) is 35.6 Å². The summed E-state index contributed by atoms with van der Waals surface area (Å²) in [5.41, 5.74) is 1.12. The lowest BCUT2D eigenvalue weighted by Crippen LogP contribution is -2.51. The third-order valence-electron chi connectivity index (χ3n) is 5.37. The molecule has 0 spiro atoms. The van der Waals surface area contributed by atoms with Crippen LogP contribution in [0.5, 0.6) is 0 Å². The average molecular weight is 363 g/mol. The Morgan fingerprint density at radius 2 is 1.81 bits per heavy atom. The molecule has 0 bridgehead atoms. The van der Waals surface area contributed by atoms with Gasteiger partial charge in [0, 0.05) is 45.3 Å². The highest BCUT2D eigenvalue weighted by Crippen LogP contribution is 2.21. The Morgan fingerprint density at radius 3 is 2.46 bits per heavy atom. The predicted molar refractivity (Wildman–Crippen MR) is 99.4 cm³/mol. The molecule has 2 saturated heterocycles. The van der Waals surface area contributed by atoms with Crippen LogP contribution in [0.3, 0.4) is 0 Å². The topological polar surface area (TPSA) is 36.0 Å². The van der Waals surface area contributed by atoms with Gasteiger partial charge in [0.1, 0.15) is 5.82 Å². The number of hydrogen-bond acceptors (Lipinski definition) is 3. The van der Waals surface area contributed by atoms with Crippen molar-refractivity contribution in [2.45, 2.75) is 32.9 Å². The van der Waals surface area contributed by atoms with E-state index in [9.17, 15) is 9.18 Å². The largest absolute Gasteiger partial charge is 0.378 e. The van der Waals surface area contributed by atoms with Gasteiger partial charge in [0.05, 0.1) is 13.2 Å². The van der Waals surface area contributed by atoms with Crippen molar-refractivity contribution in [1.29, 1.82) is 0 Å². The molecule has 0 aliphatic carbocycles. The molecule has 144 valence electrons. The molecule has 1 aromatic rings. The minimum Gasteiger partial charge on any atom is -0.378 e. The first-order valence-corrected chi connectivity index (χ1v) is 9.64. The van der Waals surface area contributed by atoms with E-state index in [2.05, 4.69) is 18.7 Å². The second-order valence-corrected chi connectivity index (χ2v) is 7.59. The molecule has 1 atom stereocenters. The summed E-state index contributed by atoms with van der Waals surface area (Å²) in [5.74, 6) is 0.237. The van der Waals surface area contributed by atoms with E-state index in [-0.39, 0.29) is 11.8 Å². The van der Waals surface area contributed by atoms with E-state index in [0.717, 1.165) is 38.2 Å². The monoisotopic (exact) mass is 363 g/mol. The number of benzene rings is 1. The molecule has 0 radical (unpaired) electrons. The third-order valence-corrected chi connectivity index (χ3v) is 5.37. The van der Waals surface area contributed by atoms with Gasteiger partial charge in [-0.25, -0.2) is 9.18 Å². The van der Waals surface area contributed by atoms with E-state index in [1.165, 1.54) is 12.1 Å². The third kappa shape index (κ3) is 4.74. The number of urea groups is 1. The summed E-state index contributed by atoms with van der Waals surface area (Å²) in [7, 11) is 0. The van der Waals surface area contributed by atoms with Crippen molar-refractivity contribution in [2.75, 3.05) is 45.9 Å². The van der Waals surface area contributed by atoms with E-state index in [0.29, 0.717) is 38.3 Å². The fraction of sp³-hybridized carbons (Fsp3) is 0.650. The van der Waals surface area contributed by atoms with Crippen LogP contribution in [0.1, 0.15) is 25.8 Å². The number of amides is 2. The number of ether oxygens (including phenoxy) is 1. The standard InChI is InChI=1S/C20H30FN3O2/c1-16(2)19-15-24(20(25)22-10-12-26-13-11-22)9-3-8-23(19)14-17-4-6-18(21)7-5-17/h4-7,16,19H,3,8-15H2,1-2H3/t19-/m0/s1. The molecule has 0 unspecified atom stereocenters. The highest BCUT2D eigenvalue weighted by molar-refractivity contribution is 5.74. The molecule has 2 heterocycles. The molecule has 5 nitrogen and oxygen atoms in total. The molecular formula is C20H30FN3O2. The molecule has 0 saturated carbocycles. The maximum Gasteiger partial charge on any atom is 0.320 e. The summed E-state index contributed by atoms with van der Waals surface area (Å²) in [6.07, 6.45) is 0.959. The van der Waals surface area contributed by atoms with Gasteiger partial charge in [0.2, 0.25) is 0 Å². The van der Waals surface area contributed by atoms with Crippen LogP contribution < -0.4 is 0 Å². The Hall–Kier alpha value is -1.66. The molecular weight excluding hydrogens is 333 g/mol. The minimum absolute atomic E-state index is 0.141. The molecule has 0 aromatic heterocycles. The normalized spacial score (nSPS) is 22.5. The molecule has 2 fully saturated rings. The van der Waals surface area contributed by atoms with E-state index in [4.69, 9.17) is 4.74 Å². The smallest absolute Gasteiger partial charge is 0.320 e. The Morgan fingerprint density at radius 1 is 1.12 bits per heavy atom. The lowest BCUT2D eigenvalue weighted by atomic mass is 10.0. The van der Waals surface area contributed by atoms with Gasteiger partial charge < -0.3 is 14.5 Å². The van der Waals surface area contributed by atoms with Crippen LogP contribution in [0.25, 0.3) is 0 Å². The molecule has 26 heavy (non-hydrogen) atoms. The van der Waals surface area contributed by atoms with Gasteiger partial charge >= 0.3 is 6.03 Å². The maximum absolute atomic E-state index is 13.2. The average Bonchev–Trinajstić information content (AvgIpc) is 2.86. The number of carbonyl (C=O) groups excluding carboxylic acids is 1. The van der Waals surface area contributed by atoms with Gasteiger partial charge in [0.25, 0.3) is 0 Å². The predicted octanol–water partition coefficient (Wildman–Crippen LogP) is 2.81. The van der Waals surface area contributed by atoms with Crippen LogP contribution in [0.2, 0.25) is 0 Å². The second-order valence-electron chi connectivity index (χ2n) is 7.59. The number of halogens is 1. The Bertz CT molecular complexity index is 587. The van der Waals surface area contributed by atoms with Crippen LogP contribution >= 0.6 is 0 Å². The fourth-order valence-corrected chi connectivity index (χ4v) is 3.84. The quantitative estimate of drug-likeness (QED) is 0.829. The molecule has 2 amide bonds. The van der Waals surface area contributed by atoms with Crippen molar-refractivity contribution < 1.29 is 13.9 Å². The van der Waals surface area contributed by atoms with Gasteiger partial charge in [-0.2, -0.15) is 0 Å². The fourth-order valence-electron chi connectivity index (χ4n) is 3.84. The molecule has 1 aromatic carbocycles. The van der Waals surface area contributed by atoms with Crippen molar-refractivity contribution in [1.82, 2.24) is 14.7 Å². The van der Waals surface area contributed by atoms with Gasteiger partial charge in [-0.1, -0.05) is 26.0 Å². The van der Waals surface area contributed by atoms with E-state index >= 15 is 0 Å². The lowest BCUT2D eigenvalue weighted by molar-refractivity contribution is 0.0412. The number of nitrogens with zero attached hydrogens (tertiary/aromatic N) is 3. The minimum atomic E-state index is -0.202. The Labute approximate surface area is 155 Å². The number of morpholine rings is 1. The SMILES string of the molecule is CC(C)[C@@H]1CN(C(=O)N2CCOCC2)CCCN1Cc1ccc(F)cc1. The van der Waals surface area contributed by atoms with Crippen LogP contribution in [-0.2, 0) is 11.3 Å². The van der Waals surface area contributed by atoms with Crippen LogP contribution in [-0.4, -0.2) is 72.7 Å². The zero-order valence-corrected chi connectivity index (χ0v) is 15.9. The van der Waals surface area contributed by atoms with Gasteiger partial charge in [-0.05, 0) is 30.0 Å². The van der Waals surface area contributed by atoms with Crippen LogP contribution in [0.4, 0.5) is 9.18 Å². The van der Waals surface area contributed by atoms with E-state index in [1.807, 2.05) is 21.9 Å². The molecule has 2 aliphatic heterocycles. The molecule has 6 heteroatoms. The summed E-state index contributed by atoms with van der Waals surface area (Å²) in [6, 6.07) is 7.19. The second kappa shape index (κ2) is 8.82. The van der Waals surface area contributed by atoms with Crippen LogP contribution in [0.15, 0.2) is 24.3 Å². The van der Waals surface area contributed by atoms with E-state index < -0.39 is 0 Å². The van der Waals surface area contributed by atoms with Gasteiger partial charge in [-0.3, -0.25) is 4.90 Å². The first-order valence-electron chi connectivity index (χ1n) is 9.64. The summed E-state index contributed by atoms with van der Waals surface area (Å²) in [5, 5.41) is 0. The number of hydrogen-bond donors (Lipinski definition) is 0.